The lowest BCUT2D eigenvalue weighted by Gasteiger charge is -2.32. The van der Waals surface area contributed by atoms with E-state index < -0.39 is 0 Å². The van der Waals surface area contributed by atoms with Gasteiger partial charge in [0.05, 0.1) is 11.7 Å². The molecular formula is C23H30BrN3O2. The quantitative estimate of drug-likeness (QED) is 0.681. The van der Waals surface area contributed by atoms with Gasteiger partial charge in [0.1, 0.15) is 5.75 Å². The lowest BCUT2D eigenvalue weighted by Crippen LogP contribution is -2.43. The van der Waals surface area contributed by atoms with E-state index in [1.807, 2.05) is 26.0 Å². The number of halogens is 1. The van der Waals surface area contributed by atoms with Crippen LogP contribution in [0.1, 0.15) is 35.3 Å². The molecule has 1 heterocycles. The number of hydrogen-bond donors (Lipinski definition) is 1. The van der Waals surface area contributed by atoms with E-state index in [4.69, 9.17) is 4.74 Å². The van der Waals surface area contributed by atoms with Gasteiger partial charge < -0.3 is 15.0 Å². The Labute approximate surface area is 182 Å². The molecule has 3 rings (SSSR count). The summed E-state index contributed by atoms with van der Waals surface area (Å²) in [6.07, 6.45) is 0.00195. The molecule has 1 aliphatic heterocycles. The van der Waals surface area contributed by atoms with E-state index in [-0.39, 0.29) is 12.0 Å². The highest BCUT2D eigenvalue weighted by Crippen LogP contribution is 2.25. The number of amides is 1. The van der Waals surface area contributed by atoms with Gasteiger partial charge in [0.15, 0.2) is 0 Å². The molecule has 1 N–H and O–H groups in total. The molecule has 156 valence electrons. The van der Waals surface area contributed by atoms with Crippen molar-refractivity contribution in [1.29, 1.82) is 0 Å². The van der Waals surface area contributed by atoms with Crippen molar-refractivity contribution in [1.82, 2.24) is 15.1 Å². The fourth-order valence-corrected chi connectivity index (χ4v) is 3.75. The van der Waals surface area contributed by atoms with Gasteiger partial charge in [0.2, 0.25) is 0 Å². The van der Waals surface area contributed by atoms with Gasteiger partial charge in [-0.05, 0) is 50.2 Å². The van der Waals surface area contributed by atoms with Gasteiger partial charge in [-0.3, -0.25) is 9.69 Å². The zero-order valence-corrected chi connectivity index (χ0v) is 19.0. The van der Waals surface area contributed by atoms with E-state index in [0.29, 0.717) is 17.9 Å². The first kappa shape index (κ1) is 21.8. The van der Waals surface area contributed by atoms with Crippen LogP contribution in [0.15, 0.2) is 46.9 Å². The second kappa shape index (κ2) is 10.2. The van der Waals surface area contributed by atoms with Crippen molar-refractivity contribution in [3.05, 3.63) is 63.6 Å². The fourth-order valence-electron chi connectivity index (χ4n) is 3.41. The Balaban J connectivity index is 1.61. The van der Waals surface area contributed by atoms with E-state index >= 15 is 0 Å². The molecule has 6 heteroatoms. The maximum absolute atomic E-state index is 12.7. The van der Waals surface area contributed by atoms with Crippen LogP contribution in [0.2, 0.25) is 0 Å². The van der Waals surface area contributed by atoms with Crippen LogP contribution in [0.3, 0.4) is 0 Å². The lowest BCUT2D eigenvalue weighted by atomic mass is 10.1. The zero-order chi connectivity index (χ0) is 20.8. The van der Waals surface area contributed by atoms with Crippen LogP contribution in [-0.2, 0) is 13.1 Å². The van der Waals surface area contributed by atoms with Gasteiger partial charge in [-0.1, -0.05) is 40.2 Å². The molecule has 5 nitrogen and oxygen atoms in total. The summed E-state index contributed by atoms with van der Waals surface area (Å²) in [4.78, 5) is 17.6. The van der Waals surface area contributed by atoms with Crippen LogP contribution < -0.4 is 10.1 Å². The molecular weight excluding hydrogens is 430 g/mol. The molecule has 2 aromatic carbocycles. The molecule has 0 spiro atoms. The van der Waals surface area contributed by atoms with Crippen LogP contribution in [0.5, 0.6) is 5.75 Å². The number of nitrogens with zero attached hydrogens (tertiary/aromatic N) is 2. The molecule has 2 aromatic rings. The number of benzene rings is 2. The minimum atomic E-state index is -0.127. The number of carbonyl (C=O) groups excluding carboxylic acids is 1. The van der Waals surface area contributed by atoms with Crippen molar-refractivity contribution in [2.45, 2.75) is 33.0 Å². The average Bonchev–Trinajstić information content (AvgIpc) is 2.68. The summed E-state index contributed by atoms with van der Waals surface area (Å²) in [5.74, 6) is 0.466. The number of likely N-dealkylation sites (N-methyl/N-ethyl adjacent to an activating group) is 1. The molecule has 29 heavy (non-hydrogen) atoms. The number of hydrogen-bond acceptors (Lipinski definition) is 4. The summed E-state index contributed by atoms with van der Waals surface area (Å²) >= 11 is 3.44. The number of piperazine rings is 1. The topological polar surface area (TPSA) is 44.8 Å². The first-order valence-corrected chi connectivity index (χ1v) is 10.9. The number of carbonyl (C=O) groups is 1. The second-order valence-electron chi connectivity index (χ2n) is 7.89. The number of ether oxygens (including phenoxy) is 1. The SMILES string of the molecule is CC(C)Oc1cc(Br)ccc1C(=O)NCc1cccc(CN2CCN(C)CC2)c1. The molecule has 0 aromatic heterocycles. The van der Waals surface area contributed by atoms with E-state index in [0.717, 1.165) is 42.8 Å². The fraction of sp³-hybridized carbons (Fsp3) is 0.435. The molecule has 0 atom stereocenters. The van der Waals surface area contributed by atoms with Crippen molar-refractivity contribution in [2.75, 3.05) is 33.2 Å². The molecule has 1 amide bonds. The summed E-state index contributed by atoms with van der Waals surface area (Å²) in [5, 5.41) is 3.03. The zero-order valence-electron chi connectivity index (χ0n) is 17.5. The molecule has 1 fully saturated rings. The summed E-state index contributed by atoms with van der Waals surface area (Å²) in [6, 6.07) is 14.0. The third kappa shape index (κ3) is 6.56. The van der Waals surface area contributed by atoms with Crippen molar-refractivity contribution < 1.29 is 9.53 Å². The maximum atomic E-state index is 12.7. The highest BCUT2D eigenvalue weighted by molar-refractivity contribution is 9.10. The third-order valence-electron chi connectivity index (χ3n) is 5.00. The monoisotopic (exact) mass is 459 g/mol. The summed E-state index contributed by atoms with van der Waals surface area (Å²) in [7, 11) is 2.17. The van der Waals surface area contributed by atoms with Crippen LogP contribution >= 0.6 is 15.9 Å². The van der Waals surface area contributed by atoms with Crippen LogP contribution in [0.4, 0.5) is 0 Å². The highest BCUT2D eigenvalue weighted by atomic mass is 79.9. The Hall–Kier alpha value is -1.89. The van der Waals surface area contributed by atoms with E-state index in [9.17, 15) is 4.79 Å². The Bertz CT molecular complexity index is 833. The normalized spacial score (nSPS) is 15.5. The Kier molecular flexibility index (Phi) is 7.70. The molecule has 0 bridgehead atoms. The van der Waals surface area contributed by atoms with Crippen molar-refractivity contribution in [3.63, 3.8) is 0 Å². The molecule has 0 radical (unpaired) electrons. The highest BCUT2D eigenvalue weighted by Gasteiger charge is 2.15. The Morgan fingerprint density at radius 2 is 1.83 bits per heavy atom. The molecule has 1 aliphatic rings. The first-order valence-electron chi connectivity index (χ1n) is 10.1. The minimum absolute atomic E-state index is 0.00195. The summed E-state index contributed by atoms with van der Waals surface area (Å²) < 4.78 is 6.70. The van der Waals surface area contributed by atoms with Crippen molar-refractivity contribution in [3.8, 4) is 5.75 Å². The van der Waals surface area contributed by atoms with Crippen LogP contribution in [0, 0.1) is 0 Å². The van der Waals surface area contributed by atoms with Crippen LogP contribution in [0.25, 0.3) is 0 Å². The smallest absolute Gasteiger partial charge is 0.255 e. The van der Waals surface area contributed by atoms with Crippen LogP contribution in [-0.4, -0.2) is 55.0 Å². The molecule has 0 unspecified atom stereocenters. The Morgan fingerprint density at radius 1 is 1.10 bits per heavy atom. The third-order valence-corrected chi connectivity index (χ3v) is 5.49. The summed E-state index contributed by atoms with van der Waals surface area (Å²) in [6.45, 7) is 9.77. The van der Waals surface area contributed by atoms with Gasteiger partial charge in [0, 0.05) is 43.7 Å². The predicted molar refractivity (Wildman–Crippen MR) is 120 cm³/mol. The van der Waals surface area contributed by atoms with Gasteiger partial charge in [-0.2, -0.15) is 0 Å². The average molecular weight is 460 g/mol. The second-order valence-corrected chi connectivity index (χ2v) is 8.80. The standard InChI is InChI=1S/C23H30BrN3O2/c1-17(2)29-22-14-20(24)7-8-21(22)23(28)25-15-18-5-4-6-19(13-18)16-27-11-9-26(3)10-12-27/h4-8,13-14,17H,9-12,15-16H2,1-3H3,(H,25,28). The lowest BCUT2D eigenvalue weighted by molar-refractivity contribution is 0.0945. The minimum Gasteiger partial charge on any atom is -0.490 e. The number of nitrogens with one attached hydrogen (secondary N) is 1. The predicted octanol–water partition coefficient (Wildman–Crippen LogP) is 3.91. The largest absolute Gasteiger partial charge is 0.490 e. The first-order chi connectivity index (χ1) is 13.9. The van der Waals surface area contributed by atoms with Crippen molar-refractivity contribution in [2.24, 2.45) is 0 Å². The van der Waals surface area contributed by atoms with Gasteiger partial charge >= 0.3 is 0 Å². The molecule has 0 saturated carbocycles. The van der Waals surface area contributed by atoms with E-state index in [1.54, 1.807) is 6.07 Å². The Morgan fingerprint density at radius 3 is 2.55 bits per heavy atom. The number of rotatable bonds is 7. The van der Waals surface area contributed by atoms with E-state index in [1.165, 1.54) is 5.56 Å². The van der Waals surface area contributed by atoms with Crippen molar-refractivity contribution >= 4 is 21.8 Å². The van der Waals surface area contributed by atoms with Gasteiger partial charge in [0.25, 0.3) is 5.91 Å². The van der Waals surface area contributed by atoms with E-state index in [2.05, 4.69) is 62.4 Å². The molecule has 0 aliphatic carbocycles. The summed E-state index contributed by atoms with van der Waals surface area (Å²) in [5.41, 5.74) is 2.94. The van der Waals surface area contributed by atoms with Gasteiger partial charge in [-0.15, -0.1) is 0 Å². The molecule has 1 saturated heterocycles. The van der Waals surface area contributed by atoms with Gasteiger partial charge in [-0.25, -0.2) is 0 Å². The maximum Gasteiger partial charge on any atom is 0.255 e.